The second-order valence-electron chi connectivity index (χ2n) is 6.32. The molecule has 3 aliphatic carbocycles. The maximum absolute atomic E-state index is 14.3. The Labute approximate surface area is 137 Å². The number of phenols is 1. The molecule has 3 fully saturated rings. The monoisotopic (exact) mass is 370 g/mol. The summed E-state index contributed by atoms with van der Waals surface area (Å²) in [6.07, 6.45) is -3.01. The summed E-state index contributed by atoms with van der Waals surface area (Å²) < 4.78 is 88.2. The molecule has 3 aliphatic rings. The number of benzene rings is 1. The van der Waals surface area contributed by atoms with Gasteiger partial charge < -0.3 is 14.9 Å². The Balaban J connectivity index is 1.97. The number of alkyl halides is 4. The van der Waals surface area contributed by atoms with Crippen LogP contribution in [-0.4, -0.2) is 39.2 Å². The number of halogens is 6. The fourth-order valence-electron chi connectivity index (χ4n) is 3.37. The zero-order valence-electron chi connectivity index (χ0n) is 12.5. The van der Waals surface area contributed by atoms with Crippen molar-refractivity contribution >= 4 is 5.97 Å². The van der Waals surface area contributed by atoms with Crippen LogP contribution in [0.3, 0.4) is 0 Å². The molecule has 0 unspecified atom stereocenters. The number of hydrogen-bond acceptors (Lipinski definition) is 4. The molecule has 138 valence electrons. The number of ether oxygens (including phenoxy) is 1. The van der Waals surface area contributed by atoms with Gasteiger partial charge in [0, 0.05) is 0 Å². The maximum Gasteiger partial charge on any atom is 0.351 e. The number of esters is 1. The standard InChI is InChI=1S/C15H12F6O4/c16-9-7(1-2-8(22)10(9)17)11(23)25-13-5-3-12(24,4-6-13)14(18,19)15(13,20)21/h1-2,22,24H,3-6H2. The summed E-state index contributed by atoms with van der Waals surface area (Å²) in [5, 5.41) is 18.7. The molecule has 2 N–H and O–H groups in total. The molecule has 0 amide bonds. The van der Waals surface area contributed by atoms with Crippen LogP contribution in [0.5, 0.6) is 5.75 Å². The first-order valence-corrected chi connectivity index (χ1v) is 7.27. The third-order valence-corrected chi connectivity index (χ3v) is 5.01. The van der Waals surface area contributed by atoms with Crippen molar-refractivity contribution in [1.29, 1.82) is 0 Å². The first-order chi connectivity index (χ1) is 11.4. The highest BCUT2D eigenvalue weighted by atomic mass is 19.3. The highest BCUT2D eigenvalue weighted by molar-refractivity contribution is 5.90. The number of carbonyl (C=O) groups excluding carboxylic acids is 1. The highest BCUT2D eigenvalue weighted by Gasteiger charge is 2.83. The molecule has 25 heavy (non-hydrogen) atoms. The molecule has 1 aromatic rings. The summed E-state index contributed by atoms with van der Waals surface area (Å²) in [5.41, 5.74) is -6.98. The first-order valence-electron chi connectivity index (χ1n) is 7.27. The van der Waals surface area contributed by atoms with Gasteiger partial charge in [-0.25, -0.2) is 9.18 Å². The molecule has 2 bridgehead atoms. The van der Waals surface area contributed by atoms with Gasteiger partial charge in [-0.15, -0.1) is 0 Å². The second kappa shape index (κ2) is 5.03. The van der Waals surface area contributed by atoms with Gasteiger partial charge in [0.1, 0.15) is 5.60 Å². The fourth-order valence-corrected chi connectivity index (χ4v) is 3.37. The third kappa shape index (κ3) is 2.09. The van der Waals surface area contributed by atoms with Crippen LogP contribution in [0.2, 0.25) is 0 Å². The summed E-state index contributed by atoms with van der Waals surface area (Å²) >= 11 is 0. The van der Waals surface area contributed by atoms with Crippen molar-refractivity contribution in [1.82, 2.24) is 0 Å². The van der Waals surface area contributed by atoms with Crippen LogP contribution in [0.1, 0.15) is 36.0 Å². The average Bonchev–Trinajstić information content (AvgIpc) is 2.53. The third-order valence-electron chi connectivity index (χ3n) is 5.01. The SMILES string of the molecule is O=C(OC12CCC(O)(CC1)C(F)(F)C2(F)F)c1ccc(O)c(F)c1F. The number of fused-ring (bicyclic) bond motifs is 3. The van der Waals surface area contributed by atoms with Crippen molar-refractivity contribution in [2.75, 3.05) is 0 Å². The van der Waals surface area contributed by atoms with Gasteiger partial charge in [-0.1, -0.05) is 0 Å². The van der Waals surface area contributed by atoms with Gasteiger partial charge in [0.15, 0.2) is 17.2 Å². The van der Waals surface area contributed by atoms with Crippen molar-refractivity contribution in [3.63, 3.8) is 0 Å². The molecule has 0 heterocycles. The van der Waals surface area contributed by atoms with E-state index in [0.717, 1.165) is 0 Å². The van der Waals surface area contributed by atoms with Gasteiger partial charge in [-0.05, 0) is 37.8 Å². The molecule has 1 aromatic carbocycles. The van der Waals surface area contributed by atoms with E-state index in [-0.39, 0.29) is 0 Å². The lowest BCUT2D eigenvalue weighted by Crippen LogP contribution is -2.76. The lowest BCUT2D eigenvalue weighted by molar-refractivity contribution is -0.393. The Hall–Kier alpha value is -1.97. The van der Waals surface area contributed by atoms with E-state index in [1.807, 2.05) is 0 Å². The van der Waals surface area contributed by atoms with Crippen LogP contribution in [0.4, 0.5) is 26.3 Å². The lowest BCUT2D eigenvalue weighted by atomic mass is 9.60. The predicted molar refractivity (Wildman–Crippen MR) is 69.5 cm³/mol. The molecule has 0 atom stereocenters. The molecular formula is C15H12F6O4. The summed E-state index contributed by atoms with van der Waals surface area (Å²) in [6, 6.07) is 1.19. The Morgan fingerprint density at radius 2 is 1.52 bits per heavy atom. The van der Waals surface area contributed by atoms with Crippen LogP contribution in [0.25, 0.3) is 0 Å². The zero-order chi connectivity index (χ0) is 18.8. The minimum absolute atomic E-state index is 0.588. The van der Waals surface area contributed by atoms with Gasteiger partial charge in [0.25, 0.3) is 0 Å². The maximum atomic E-state index is 14.3. The Morgan fingerprint density at radius 1 is 0.960 bits per heavy atom. The number of aliphatic hydroxyl groups is 1. The molecule has 0 aliphatic heterocycles. The fraction of sp³-hybridized carbons (Fsp3) is 0.533. The number of aromatic hydroxyl groups is 1. The van der Waals surface area contributed by atoms with Gasteiger partial charge >= 0.3 is 17.8 Å². The van der Waals surface area contributed by atoms with Crippen LogP contribution >= 0.6 is 0 Å². The van der Waals surface area contributed by atoms with E-state index in [4.69, 9.17) is 5.11 Å². The molecule has 10 heteroatoms. The summed E-state index contributed by atoms with van der Waals surface area (Å²) in [5.74, 6) is -16.3. The Morgan fingerprint density at radius 3 is 2.08 bits per heavy atom. The normalized spacial score (nSPS) is 32.4. The molecule has 3 saturated carbocycles. The number of rotatable bonds is 2. The van der Waals surface area contributed by atoms with E-state index in [9.17, 15) is 36.2 Å². The van der Waals surface area contributed by atoms with E-state index in [2.05, 4.69) is 4.74 Å². The van der Waals surface area contributed by atoms with Crippen molar-refractivity contribution in [2.24, 2.45) is 0 Å². The van der Waals surface area contributed by atoms with Gasteiger partial charge in [-0.2, -0.15) is 22.0 Å². The van der Waals surface area contributed by atoms with Gasteiger partial charge in [0.05, 0.1) is 5.56 Å². The van der Waals surface area contributed by atoms with Crippen molar-refractivity contribution in [3.05, 3.63) is 29.3 Å². The van der Waals surface area contributed by atoms with E-state index < -0.39 is 77.6 Å². The molecule has 4 rings (SSSR count). The zero-order valence-corrected chi connectivity index (χ0v) is 12.5. The minimum atomic E-state index is -4.90. The smallest absolute Gasteiger partial charge is 0.351 e. The quantitative estimate of drug-likeness (QED) is 0.620. The van der Waals surface area contributed by atoms with Crippen molar-refractivity contribution in [3.8, 4) is 5.75 Å². The predicted octanol–water partition coefficient (Wildman–Crippen LogP) is 3.16. The van der Waals surface area contributed by atoms with Gasteiger partial charge in [0.2, 0.25) is 5.82 Å². The lowest BCUT2D eigenvalue weighted by Gasteiger charge is -2.57. The molecule has 0 radical (unpaired) electrons. The minimum Gasteiger partial charge on any atom is -0.505 e. The molecule has 0 aromatic heterocycles. The molecule has 4 nitrogen and oxygen atoms in total. The molecule has 0 spiro atoms. The van der Waals surface area contributed by atoms with Crippen LogP contribution < -0.4 is 0 Å². The molecule has 0 saturated heterocycles. The van der Waals surface area contributed by atoms with Gasteiger partial charge in [-0.3, -0.25) is 0 Å². The number of carbonyl (C=O) groups is 1. The summed E-state index contributed by atoms with van der Waals surface area (Å²) in [7, 11) is 0. The average molecular weight is 370 g/mol. The Bertz CT molecular complexity index is 740. The van der Waals surface area contributed by atoms with Crippen molar-refractivity contribution in [2.45, 2.75) is 48.7 Å². The highest BCUT2D eigenvalue weighted by Crippen LogP contribution is 2.64. The summed E-state index contributed by atoms with van der Waals surface area (Å²) in [6.45, 7) is 0. The van der Waals surface area contributed by atoms with Crippen molar-refractivity contribution < 1.29 is 46.1 Å². The van der Waals surface area contributed by atoms with Crippen LogP contribution in [0.15, 0.2) is 12.1 Å². The van der Waals surface area contributed by atoms with E-state index in [1.54, 1.807) is 0 Å². The summed E-state index contributed by atoms with van der Waals surface area (Å²) in [4.78, 5) is 12.0. The van der Waals surface area contributed by atoms with E-state index in [0.29, 0.717) is 12.1 Å². The second-order valence-corrected chi connectivity index (χ2v) is 6.32. The van der Waals surface area contributed by atoms with Crippen LogP contribution in [-0.2, 0) is 4.74 Å². The van der Waals surface area contributed by atoms with E-state index >= 15 is 0 Å². The topological polar surface area (TPSA) is 66.8 Å². The Kier molecular flexibility index (Phi) is 3.59. The van der Waals surface area contributed by atoms with Crippen LogP contribution in [0, 0.1) is 11.6 Å². The molecular weight excluding hydrogens is 358 g/mol. The number of phenolic OH excluding ortho intramolecular Hbond substituents is 1. The first kappa shape index (κ1) is 17.8. The number of hydrogen-bond donors (Lipinski definition) is 2. The van der Waals surface area contributed by atoms with E-state index in [1.165, 1.54) is 0 Å². The largest absolute Gasteiger partial charge is 0.505 e.